The third kappa shape index (κ3) is 6.20. The lowest BCUT2D eigenvalue weighted by atomic mass is 10.0. The third-order valence-electron chi connectivity index (χ3n) is 4.60. The number of carbonyl (C=O) groups excluding carboxylic acids is 3. The summed E-state index contributed by atoms with van der Waals surface area (Å²) < 4.78 is 16.4. The van der Waals surface area contributed by atoms with Crippen LogP contribution in [0.1, 0.15) is 38.8 Å². The van der Waals surface area contributed by atoms with Crippen LogP contribution in [-0.4, -0.2) is 34.5 Å². The highest BCUT2D eigenvalue weighted by atomic mass is 16.6. The van der Waals surface area contributed by atoms with E-state index in [1.54, 1.807) is 45.0 Å². The van der Waals surface area contributed by atoms with E-state index < -0.39 is 29.6 Å². The standard InChI is InChI=1S/C25H27NO6/c1-17(27)31-20-12-10-19(11-13-20)16-30-22-15-23(28)26(24(29)32-25(2,3)4)21(22)14-18-8-6-5-7-9-18/h5-13,15,21H,14,16H2,1-4H3. The van der Waals surface area contributed by atoms with Gasteiger partial charge in [0.15, 0.2) is 0 Å². The average Bonchev–Trinajstić information content (AvgIpc) is 3.01. The van der Waals surface area contributed by atoms with Crippen LogP contribution in [0.2, 0.25) is 0 Å². The molecule has 1 aliphatic heterocycles. The molecule has 2 amide bonds. The van der Waals surface area contributed by atoms with Crippen LogP contribution in [0.15, 0.2) is 66.4 Å². The smallest absolute Gasteiger partial charge is 0.418 e. The summed E-state index contributed by atoms with van der Waals surface area (Å²) in [4.78, 5) is 37.6. The molecule has 0 fully saturated rings. The number of esters is 1. The van der Waals surface area contributed by atoms with Crippen LogP contribution in [0.5, 0.6) is 5.75 Å². The lowest BCUT2D eigenvalue weighted by molar-refractivity contribution is -0.132. The predicted molar refractivity (Wildman–Crippen MR) is 118 cm³/mol. The molecule has 3 rings (SSSR count). The Morgan fingerprint density at radius 2 is 1.62 bits per heavy atom. The van der Waals surface area contributed by atoms with Gasteiger partial charge in [0, 0.05) is 19.4 Å². The quantitative estimate of drug-likeness (QED) is 0.492. The van der Waals surface area contributed by atoms with Crippen LogP contribution in [0, 0.1) is 0 Å². The molecule has 1 atom stereocenters. The first kappa shape index (κ1) is 23.1. The maximum atomic E-state index is 12.8. The summed E-state index contributed by atoms with van der Waals surface area (Å²) in [7, 11) is 0. The molecule has 1 aliphatic rings. The Morgan fingerprint density at radius 1 is 0.969 bits per heavy atom. The lowest BCUT2D eigenvalue weighted by Crippen LogP contribution is -2.44. The Kier molecular flexibility index (Phi) is 6.98. The molecule has 0 radical (unpaired) electrons. The number of rotatable bonds is 6. The summed E-state index contributed by atoms with van der Waals surface area (Å²) in [5.74, 6) is -0.0293. The van der Waals surface area contributed by atoms with E-state index in [9.17, 15) is 14.4 Å². The highest BCUT2D eigenvalue weighted by Gasteiger charge is 2.41. The fraction of sp³-hybridized carbons (Fsp3) is 0.320. The SMILES string of the molecule is CC(=O)Oc1ccc(COC2=CC(=O)N(C(=O)OC(C)(C)C)C2Cc2ccccc2)cc1. The highest BCUT2D eigenvalue weighted by Crippen LogP contribution is 2.27. The normalized spacial score (nSPS) is 15.9. The highest BCUT2D eigenvalue weighted by molar-refractivity contribution is 6.02. The molecule has 7 nitrogen and oxygen atoms in total. The molecule has 0 aliphatic carbocycles. The first-order valence-electron chi connectivity index (χ1n) is 10.3. The Morgan fingerprint density at radius 3 is 2.22 bits per heavy atom. The van der Waals surface area contributed by atoms with Gasteiger partial charge in [0.05, 0.1) is 0 Å². The van der Waals surface area contributed by atoms with Crippen LogP contribution in [-0.2, 0) is 32.1 Å². The van der Waals surface area contributed by atoms with Gasteiger partial charge in [-0.15, -0.1) is 0 Å². The average molecular weight is 437 g/mol. The van der Waals surface area contributed by atoms with E-state index in [2.05, 4.69) is 0 Å². The Labute approximate surface area is 187 Å². The van der Waals surface area contributed by atoms with E-state index in [4.69, 9.17) is 14.2 Å². The van der Waals surface area contributed by atoms with Gasteiger partial charge in [-0.25, -0.2) is 9.69 Å². The van der Waals surface area contributed by atoms with Crippen molar-refractivity contribution in [3.05, 3.63) is 77.6 Å². The molecule has 0 saturated carbocycles. The Balaban J connectivity index is 1.76. The molecule has 0 bridgehead atoms. The number of imide groups is 1. The van der Waals surface area contributed by atoms with Crippen molar-refractivity contribution >= 4 is 18.0 Å². The van der Waals surface area contributed by atoms with Crippen molar-refractivity contribution in [1.82, 2.24) is 4.90 Å². The second kappa shape index (κ2) is 9.68. The maximum absolute atomic E-state index is 12.8. The monoisotopic (exact) mass is 437 g/mol. The van der Waals surface area contributed by atoms with E-state index in [-0.39, 0.29) is 6.61 Å². The molecule has 0 N–H and O–H groups in total. The maximum Gasteiger partial charge on any atom is 0.418 e. The topological polar surface area (TPSA) is 82.1 Å². The molecule has 32 heavy (non-hydrogen) atoms. The fourth-order valence-electron chi connectivity index (χ4n) is 3.25. The number of benzene rings is 2. The van der Waals surface area contributed by atoms with E-state index in [1.807, 2.05) is 30.3 Å². The molecule has 0 saturated heterocycles. The molecule has 168 valence electrons. The summed E-state index contributed by atoms with van der Waals surface area (Å²) in [5, 5.41) is 0. The first-order chi connectivity index (χ1) is 15.1. The molecule has 0 spiro atoms. The number of nitrogens with zero attached hydrogens (tertiary/aromatic N) is 1. The van der Waals surface area contributed by atoms with Gasteiger partial charge < -0.3 is 14.2 Å². The first-order valence-corrected chi connectivity index (χ1v) is 10.3. The number of hydrogen-bond acceptors (Lipinski definition) is 6. The summed E-state index contributed by atoms with van der Waals surface area (Å²) >= 11 is 0. The van der Waals surface area contributed by atoms with E-state index in [0.29, 0.717) is 17.9 Å². The molecule has 2 aromatic carbocycles. The van der Waals surface area contributed by atoms with Gasteiger partial charge in [-0.05, 0) is 44.0 Å². The van der Waals surface area contributed by atoms with Gasteiger partial charge in [-0.2, -0.15) is 0 Å². The summed E-state index contributed by atoms with van der Waals surface area (Å²) in [6, 6.07) is 15.8. The summed E-state index contributed by atoms with van der Waals surface area (Å²) in [6.45, 7) is 6.78. The van der Waals surface area contributed by atoms with Crippen LogP contribution in [0.4, 0.5) is 4.79 Å². The zero-order valence-corrected chi connectivity index (χ0v) is 18.7. The van der Waals surface area contributed by atoms with Crippen molar-refractivity contribution in [2.45, 2.75) is 52.4 Å². The van der Waals surface area contributed by atoms with Crippen molar-refractivity contribution < 1.29 is 28.6 Å². The number of amides is 2. The van der Waals surface area contributed by atoms with Crippen molar-refractivity contribution in [3.8, 4) is 5.75 Å². The fourth-order valence-corrected chi connectivity index (χ4v) is 3.25. The van der Waals surface area contributed by atoms with Crippen molar-refractivity contribution in [1.29, 1.82) is 0 Å². The third-order valence-corrected chi connectivity index (χ3v) is 4.60. The van der Waals surface area contributed by atoms with Crippen LogP contribution < -0.4 is 4.74 Å². The molecule has 1 unspecified atom stereocenters. The minimum absolute atomic E-state index is 0.187. The van der Waals surface area contributed by atoms with E-state index in [0.717, 1.165) is 16.0 Å². The molecule has 7 heteroatoms. The number of ether oxygens (including phenoxy) is 3. The summed E-state index contributed by atoms with van der Waals surface area (Å²) in [5.41, 5.74) is 1.05. The number of carbonyl (C=O) groups is 3. The second-order valence-electron chi connectivity index (χ2n) is 8.47. The van der Waals surface area contributed by atoms with Crippen LogP contribution in [0.25, 0.3) is 0 Å². The van der Waals surface area contributed by atoms with Crippen molar-refractivity contribution in [3.63, 3.8) is 0 Å². The van der Waals surface area contributed by atoms with Gasteiger partial charge in [-0.1, -0.05) is 42.5 Å². The second-order valence-corrected chi connectivity index (χ2v) is 8.47. The Hall–Kier alpha value is -3.61. The minimum atomic E-state index is -0.734. The zero-order valence-electron chi connectivity index (χ0n) is 18.7. The minimum Gasteiger partial charge on any atom is -0.491 e. The van der Waals surface area contributed by atoms with Crippen LogP contribution in [0.3, 0.4) is 0 Å². The van der Waals surface area contributed by atoms with E-state index in [1.165, 1.54) is 13.0 Å². The summed E-state index contributed by atoms with van der Waals surface area (Å²) in [6.07, 6.45) is 1.04. The molecular formula is C25H27NO6. The predicted octanol–water partition coefficient (Wildman–Crippen LogP) is 4.40. The van der Waals surface area contributed by atoms with Gasteiger partial charge in [0.2, 0.25) is 0 Å². The van der Waals surface area contributed by atoms with Gasteiger partial charge in [0.1, 0.15) is 29.8 Å². The van der Waals surface area contributed by atoms with Gasteiger partial charge in [-0.3, -0.25) is 9.59 Å². The van der Waals surface area contributed by atoms with E-state index >= 15 is 0 Å². The molecular weight excluding hydrogens is 410 g/mol. The largest absolute Gasteiger partial charge is 0.491 e. The Bertz CT molecular complexity index is 1000. The van der Waals surface area contributed by atoms with Crippen molar-refractivity contribution in [2.24, 2.45) is 0 Å². The van der Waals surface area contributed by atoms with Gasteiger partial charge >= 0.3 is 12.1 Å². The van der Waals surface area contributed by atoms with Crippen LogP contribution >= 0.6 is 0 Å². The molecule has 0 aromatic heterocycles. The lowest BCUT2D eigenvalue weighted by Gasteiger charge is -2.28. The molecule has 1 heterocycles. The van der Waals surface area contributed by atoms with Crippen molar-refractivity contribution in [2.75, 3.05) is 0 Å². The number of hydrogen-bond donors (Lipinski definition) is 0. The zero-order chi connectivity index (χ0) is 23.3. The van der Waals surface area contributed by atoms with Gasteiger partial charge in [0.25, 0.3) is 5.91 Å². The molecule has 2 aromatic rings.